The van der Waals surface area contributed by atoms with Crippen molar-refractivity contribution in [3.63, 3.8) is 0 Å². The molecule has 1 aliphatic rings. The van der Waals surface area contributed by atoms with Crippen LogP contribution < -0.4 is 0 Å². The van der Waals surface area contributed by atoms with Crippen LogP contribution in [0.2, 0.25) is 0 Å². The van der Waals surface area contributed by atoms with Gasteiger partial charge in [0.05, 0.1) is 23.8 Å². The number of rotatable bonds is 8. The number of carbonyl (C=O) groups is 2. The number of thioether (sulfide) groups is 1. The third-order valence-electron chi connectivity index (χ3n) is 5.91. The van der Waals surface area contributed by atoms with Crippen LogP contribution in [0.4, 0.5) is 0 Å². The Labute approximate surface area is 205 Å². The number of benzene rings is 2. The molecule has 1 fully saturated rings. The number of aryl methyl sites for hydroxylation is 1. The van der Waals surface area contributed by atoms with Crippen LogP contribution in [0.3, 0.4) is 0 Å². The first-order valence-electron chi connectivity index (χ1n) is 11.5. The predicted octanol–water partition coefficient (Wildman–Crippen LogP) is 5.15. The summed E-state index contributed by atoms with van der Waals surface area (Å²) in [5, 5.41) is 9.81. The van der Waals surface area contributed by atoms with Crippen molar-refractivity contribution in [3.05, 3.63) is 64.2 Å². The number of carbonyl (C=O) groups excluding carboxylic acids is 2. The Bertz CT molecular complexity index is 1060. The summed E-state index contributed by atoms with van der Waals surface area (Å²) in [6, 6.07) is 14.7. The Hall–Kier alpha value is -2.82. The molecule has 1 heterocycles. The summed E-state index contributed by atoms with van der Waals surface area (Å²) in [5.41, 5.74) is 4.92. The van der Waals surface area contributed by atoms with Crippen molar-refractivity contribution in [3.8, 4) is 6.07 Å². The number of hydrogen-bond donors (Lipinski definition) is 0. The zero-order valence-corrected chi connectivity index (χ0v) is 20.9. The monoisotopic (exact) mass is 481 g/mol. The maximum atomic E-state index is 11.6. The predicted molar refractivity (Wildman–Crippen MR) is 131 cm³/mol. The molecular formula is C27H31NO5S. The molecule has 0 saturated carbocycles. The first-order chi connectivity index (χ1) is 16.3. The van der Waals surface area contributed by atoms with Crippen molar-refractivity contribution in [2.45, 2.75) is 69.7 Å². The van der Waals surface area contributed by atoms with Gasteiger partial charge >= 0.3 is 11.9 Å². The number of hydrogen-bond acceptors (Lipinski definition) is 7. The number of nitrogens with zero attached hydrogens (tertiary/aromatic N) is 1. The Morgan fingerprint density at radius 2 is 1.82 bits per heavy atom. The van der Waals surface area contributed by atoms with Gasteiger partial charge in [0.15, 0.2) is 0 Å². The molecule has 3 rings (SSSR count). The lowest BCUT2D eigenvalue weighted by molar-refractivity contribution is -0.169. The topological polar surface area (TPSA) is 85.6 Å². The van der Waals surface area contributed by atoms with E-state index in [0.717, 1.165) is 28.0 Å². The molecular weight excluding hydrogens is 450 g/mol. The highest BCUT2D eigenvalue weighted by atomic mass is 32.2. The van der Waals surface area contributed by atoms with Crippen molar-refractivity contribution in [2.75, 3.05) is 12.9 Å². The zero-order valence-electron chi connectivity index (χ0n) is 20.1. The minimum atomic E-state index is -0.387. The van der Waals surface area contributed by atoms with Crippen molar-refractivity contribution in [1.82, 2.24) is 0 Å². The average Bonchev–Trinajstić information content (AvgIpc) is 2.82. The highest BCUT2D eigenvalue weighted by Gasteiger charge is 2.34. The Morgan fingerprint density at radius 1 is 1.12 bits per heavy atom. The van der Waals surface area contributed by atoms with E-state index in [-0.39, 0.29) is 36.9 Å². The molecule has 0 N–H and O–H groups in total. The second-order valence-corrected chi connectivity index (χ2v) is 9.31. The molecule has 0 radical (unpaired) electrons. The molecule has 3 atom stereocenters. The van der Waals surface area contributed by atoms with Crippen molar-refractivity contribution in [2.24, 2.45) is 0 Å². The van der Waals surface area contributed by atoms with E-state index in [0.29, 0.717) is 24.8 Å². The number of ether oxygens (including phenoxy) is 3. The highest BCUT2D eigenvalue weighted by Crippen LogP contribution is 2.39. The normalized spacial score (nSPS) is 19.8. The van der Waals surface area contributed by atoms with E-state index in [2.05, 4.69) is 37.3 Å². The van der Waals surface area contributed by atoms with Gasteiger partial charge in [-0.15, -0.1) is 11.8 Å². The molecule has 3 unspecified atom stereocenters. The van der Waals surface area contributed by atoms with Gasteiger partial charge in [0.1, 0.15) is 12.7 Å². The van der Waals surface area contributed by atoms with Crippen LogP contribution in [0.25, 0.3) is 0 Å². The van der Waals surface area contributed by atoms with Gasteiger partial charge in [0.2, 0.25) is 0 Å². The molecule has 6 nitrogen and oxygen atoms in total. The summed E-state index contributed by atoms with van der Waals surface area (Å²) in [6.45, 7) is 4.97. The molecule has 0 spiro atoms. The molecule has 34 heavy (non-hydrogen) atoms. The lowest BCUT2D eigenvalue weighted by Gasteiger charge is -2.35. The Kier molecular flexibility index (Phi) is 9.14. The third kappa shape index (κ3) is 6.85. The fourth-order valence-corrected chi connectivity index (χ4v) is 4.92. The van der Waals surface area contributed by atoms with E-state index in [1.54, 1.807) is 11.8 Å². The summed E-state index contributed by atoms with van der Waals surface area (Å²) in [6.07, 6.45) is 3.46. The van der Waals surface area contributed by atoms with E-state index < -0.39 is 0 Å². The molecule has 0 aliphatic carbocycles. The van der Waals surface area contributed by atoms with Crippen LogP contribution in [0.15, 0.2) is 41.3 Å². The Morgan fingerprint density at radius 3 is 2.41 bits per heavy atom. The Balaban J connectivity index is 1.94. The summed E-state index contributed by atoms with van der Waals surface area (Å²) in [7, 11) is 0. The van der Waals surface area contributed by atoms with Gasteiger partial charge in [-0.25, -0.2) is 0 Å². The van der Waals surface area contributed by atoms with Crippen molar-refractivity contribution < 1.29 is 23.8 Å². The lowest BCUT2D eigenvalue weighted by atomic mass is 9.91. The largest absolute Gasteiger partial charge is 0.463 e. The van der Waals surface area contributed by atoms with E-state index in [1.165, 1.54) is 19.4 Å². The second-order valence-electron chi connectivity index (χ2n) is 8.46. The zero-order chi connectivity index (χ0) is 24.7. The van der Waals surface area contributed by atoms with Crippen LogP contribution in [-0.4, -0.2) is 37.0 Å². The standard InChI is InChI=1S/C27H31NO5S/c1-5-19-6-8-20(9-7-19)10-21-11-25(27(34-4)12-22(21)15-28)26-14-23(32-18(3)30)13-24(33-26)16-31-17(2)29/h6-9,11-12,23-24,26H,5,10,13-14,16H2,1-4H3. The molecule has 1 aliphatic heterocycles. The minimum Gasteiger partial charge on any atom is -0.463 e. The number of nitriles is 1. The first kappa shape index (κ1) is 25.8. The summed E-state index contributed by atoms with van der Waals surface area (Å²) < 4.78 is 17.0. The van der Waals surface area contributed by atoms with Gasteiger partial charge < -0.3 is 14.2 Å². The molecule has 0 bridgehead atoms. The van der Waals surface area contributed by atoms with Gasteiger partial charge in [-0.1, -0.05) is 37.3 Å². The van der Waals surface area contributed by atoms with E-state index in [1.807, 2.05) is 18.4 Å². The fourth-order valence-electron chi connectivity index (χ4n) is 4.26. The summed E-state index contributed by atoms with van der Waals surface area (Å²) in [5.74, 6) is -0.729. The average molecular weight is 482 g/mol. The van der Waals surface area contributed by atoms with E-state index in [9.17, 15) is 14.9 Å². The molecule has 0 amide bonds. The van der Waals surface area contributed by atoms with Crippen LogP contribution in [-0.2, 0) is 36.6 Å². The molecule has 2 aromatic rings. The van der Waals surface area contributed by atoms with Crippen molar-refractivity contribution in [1.29, 1.82) is 5.26 Å². The smallest absolute Gasteiger partial charge is 0.302 e. The van der Waals surface area contributed by atoms with Gasteiger partial charge in [-0.3, -0.25) is 9.59 Å². The lowest BCUT2D eigenvalue weighted by Crippen LogP contribution is -2.37. The van der Waals surface area contributed by atoms with E-state index in [4.69, 9.17) is 14.2 Å². The second kappa shape index (κ2) is 12.0. The maximum Gasteiger partial charge on any atom is 0.302 e. The maximum absolute atomic E-state index is 11.6. The van der Waals surface area contributed by atoms with Crippen LogP contribution in [0.1, 0.15) is 67.5 Å². The highest BCUT2D eigenvalue weighted by molar-refractivity contribution is 7.98. The summed E-state index contributed by atoms with van der Waals surface area (Å²) in [4.78, 5) is 23.9. The minimum absolute atomic E-state index is 0.102. The fraction of sp³-hybridized carbons (Fsp3) is 0.444. The van der Waals surface area contributed by atoms with Crippen molar-refractivity contribution >= 4 is 23.7 Å². The molecule has 0 aromatic heterocycles. The molecule has 1 saturated heterocycles. The molecule has 7 heteroatoms. The summed E-state index contributed by atoms with van der Waals surface area (Å²) >= 11 is 1.55. The molecule has 180 valence electrons. The third-order valence-corrected chi connectivity index (χ3v) is 6.71. The first-order valence-corrected chi connectivity index (χ1v) is 12.7. The van der Waals surface area contributed by atoms with Crippen LogP contribution >= 0.6 is 11.8 Å². The van der Waals surface area contributed by atoms with Gasteiger partial charge in [-0.05, 0) is 47.4 Å². The molecule has 2 aromatic carbocycles. The van der Waals surface area contributed by atoms with Gasteiger partial charge in [0.25, 0.3) is 0 Å². The van der Waals surface area contributed by atoms with Crippen LogP contribution in [0.5, 0.6) is 0 Å². The SMILES string of the molecule is CCc1ccc(Cc2cc(C3CC(OC(C)=O)CC(COC(C)=O)O3)c(SC)cc2C#N)cc1. The number of esters is 2. The van der Waals surface area contributed by atoms with Gasteiger partial charge in [-0.2, -0.15) is 5.26 Å². The van der Waals surface area contributed by atoms with Gasteiger partial charge in [0, 0.05) is 31.6 Å². The van der Waals surface area contributed by atoms with Crippen LogP contribution in [0, 0.1) is 11.3 Å². The van der Waals surface area contributed by atoms with E-state index >= 15 is 0 Å². The quantitative estimate of drug-likeness (QED) is 0.381.